The first-order valence-electron chi connectivity index (χ1n) is 5.04. The fourth-order valence-corrected chi connectivity index (χ4v) is 2.06. The minimum absolute atomic E-state index is 0.123. The Labute approximate surface area is 88.1 Å². The fraction of sp³-hybridized carbons (Fsp3) is 0.700. The van der Waals surface area contributed by atoms with Crippen molar-refractivity contribution in [3.63, 3.8) is 0 Å². The molecule has 5 nitrogen and oxygen atoms in total. The van der Waals surface area contributed by atoms with Gasteiger partial charge in [0.2, 0.25) is 0 Å². The molecule has 1 aliphatic rings. The number of nitriles is 1. The lowest BCUT2D eigenvalue weighted by Gasteiger charge is -2.29. The Bertz CT molecular complexity index is 296. The Morgan fingerprint density at radius 1 is 1.40 bits per heavy atom. The van der Waals surface area contributed by atoms with Crippen LogP contribution in [0.2, 0.25) is 0 Å². The molecule has 0 spiro atoms. The number of amides is 1. The van der Waals surface area contributed by atoms with Crippen LogP contribution in [0.3, 0.4) is 0 Å². The summed E-state index contributed by atoms with van der Waals surface area (Å²) < 4.78 is 0. The van der Waals surface area contributed by atoms with E-state index in [9.17, 15) is 9.59 Å². The number of Topliss-reactive ketones (excluding diaryl/α,β-unsaturated/α-hetero) is 1. The number of carboxylic acid groups (broad SMARTS) is 1. The van der Waals surface area contributed by atoms with Crippen LogP contribution in [0.15, 0.2) is 0 Å². The second-order valence-corrected chi connectivity index (χ2v) is 3.75. The number of nitrogens with zero attached hydrogens (tertiary/aromatic N) is 1. The van der Waals surface area contributed by atoms with Gasteiger partial charge in [-0.1, -0.05) is 12.8 Å². The topological polar surface area (TPSA) is 90.2 Å². The van der Waals surface area contributed by atoms with Gasteiger partial charge in [0, 0.05) is 12.0 Å². The number of hydrogen-bond donors (Lipinski definition) is 2. The van der Waals surface area contributed by atoms with Crippen LogP contribution in [0.5, 0.6) is 0 Å². The highest BCUT2D eigenvalue weighted by atomic mass is 16.4. The van der Waals surface area contributed by atoms with Gasteiger partial charge < -0.3 is 10.4 Å². The summed E-state index contributed by atoms with van der Waals surface area (Å²) in [6, 6.07) is 1.51. The van der Waals surface area contributed by atoms with Gasteiger partial charge in [-0.15, -0.1) is 0 Å². The van der Waals surface area contributed by atoms with Gasteiger partial charge in [-0.25, -0.2) is 4.79 Å². The third kappa shape index (κ3) is 3.24. The molecule has 0 aromatic carbocycles. The molecule has 0 aliphatic heterocycles. The van der Waals surface area contributed by atoms with Crippen molar-refractivity contribution in [3.05, 3.63) is 0 Å². The molecule has 0 bridgehead atoms. The van der Waals surface area contributed by atoms with E-state index < -0.39 is 6.09 Å². The summed E-state index contributed by atoms with van der Waals surface area (Å²) in [4.78, 5) is 22.0. The highest BCUT2D eigenvalue weighted by Gasteiger charge is 2.31. The van der Waals surface area contributed by atoms with Crippen molar-refractivity contribution in [2.24, 2.45) is 5.92 Å². The van der Waals surface area contributed by atoms with Crippen molar-refractivity contribution < 1.29 is 14.7 Å². The van der Waals surface area contributed by atoms with Gasteiger partial charge in [0.1, 0.15) is 0 Å². The van der Waals surface area contributed by atoms with Crippen molar-refractivity contribution in [3.8, 4) is 6.07 Å². The van der Waals surface area contributed by atoms with Crippen LogP contribution in [0.1, 0.15) is 32.1 Å². The number of ketones is 1. The number of carbonyl (C=O) groups excluding carboxylic acids is 1. The molecule has 1 saturated carbocycles. The average molecular weight is 210 g/mol. The van der Waals surface area contributed by atoms with Gasteiger partial charge in [-0.05, 0) is 12.8 Å². The van der Waals surface area contributed by atoms with Gasteiger partial charge in [-0.2, -0.15) is 5.26 Å². The van der Waals surface area contributed by atoms with E-state index >= 15 is 0 Å². The number of hydrogen-bond acceptors (Lipinski definition) is 3. The molecule has 2 atom stereocenters. The minimum atomic E-state index is -1.10. The Hall–Kier alpha value is -1.57. The molecule has 1 fully saturated rings. The average Bonchev–Trinajstić information content (AvgIpc) is 2.18. The maximum absolute atomic E-state index is 11.5. The Balaban J connectivity index is 2.61. The van der Waals surface area contributed by atoms with Crippen LogP contribution in [0, 0.1) is 17.2 Å². The maximum Gasteiger partial charge on any atom is 0.404 e. The van der Waals surface area contributed by atoms with Crippen molar-refractivity contribution in [2.45, 2.75) is 38.1 Å². The monoisotopic (exact) mass is 210 g/mol. The molecule has 0 aromatic rings. The minimum Gasteiger partial charge on any atom is -0.465 e. The van der Waals surface area contributed by atoms with Crippen LogP contribution >= 0.6 is 0 Å². The zero-order valence-corrected chi connectivity index (χ0v) is 8.40. The maximum atomic E-state index is 11.5. The van der Waals surface area contributed by atoms with E-state index in [1.807, 2.05) is 6.07 Å². The normalized spacial score (nSPS) is 25.3. The second-order valence-electron chi connectivity index (χ2n) is 3.75. The first-order chi connectivity index (χ1) is 7.15. The highest BCUT2D eigenvalue weighted by Crippen LogP contribution is 2.25. The lowest BCUT2D eigenvalue weighted by atomic mass is 9.81. The molecule has 1 amide bonds. The lowest BCUT2D eigenvalue weighted by molar-refractivity contribution is -0.123. The molecule has 0 saturated heterocycles. The van der Waals surface area contributed by atoms with Crippen LogP contribution in [-0.2, 0) is 4.79 Å². The standard InChI is InChI=1S/C10H14N2O3/c11-6-5-9(13)7-3-1-2-4-8(7)12-10(14)15/h7-8,12H,1-5H2,(H,14,15)/t7-,8-/m1/s1. The van der Waals surface area contributed by atoms with Crippen LogP contribution < -0.4 is 5.32 Å². The largest absolute Gasteiger partial charge is 0.465 e. The second kappa shape index (κ2) is 5.35. The first kappa shape index (κ1) is 11.5. The van der Waals surface area contributed by atoms with Crippen LogP contribution in [0.25, 0.3) is 0 Å². The predicted octanol–water partition coefficient (Wildman–Crippen LogP) is 1.30. The van der Waals surface area contributed by atoms with Gasteiger partial charge in [0.05, 0.1) is 12.5 Å². The van der Waals surface area contributed by atoms with E-state index in [2.05, 4.69) is 5.32 Å². The molecular weight excluding hydrogens is 196 g/mol. The molecule has 0 unspecified atom stereocenters. The molecule has 5 heteroatoms. The predicted molar refractivity (Wildman–Crippen MR) is 52.1 cm³/mol. The Kier molecular flexibility index (Phi) is 4.10. The van der Waals surface area contributed by atoms with Gasteiger partial charge >= 0.3 is 6.09 Å². The van der Waals surface area contributed by atoms with Crippen molar-refractivity contribution in [1.82, 2.24) is 5.32 Å². The quantitative estimate of drug-likeness (QED) is 0.734. The number of nitrogens with one attached hydrogen (secondary N) is 1. The van der Waals surface area contributed by atoms with Gasteiger partial charge in [0.15, 0.2) is 5.78 Å². The molecule has 82 valence electrons. The summed E-state index contributed by atoms with van der Waals surface area (Å²) in [5.41, 5.74) is 0. The zero-order chi connectivity index (χ0) is 11.3. The SMILES string of the molecule is N#CCC(=O)[C@@H]1CCCC[C@H]1NC(=O)O. The smallest absolute Gasteiger partial charge is 0.404 e. The summed E-state index contributed by atoms with van der Waals surface area (Å²) in [5, 5.41) is 19.4. The molecule has 0 aromatic heterocycles. The zero-order valence-electron chi connectivity index (χ0n) is 8.40. The van der Waals surface area contributed by atoms with Crippen molar-refractivity contribution >= 4 is 11.9 Å². The van der Waals surface area contributed by atoms with E-state index in [0.29, 0.717) is 12.8 Å². The Morgan fingerprint density at radius 2 is 2.07 bits per heavy atom. The highest BCUT2D eigenvalue weighted by molar-refractivity contribution is 5.84. The number of rotatable bonds is 3. The summed E-state index contributed by atoms with van der Waals surface area (Å²) in [6.45, 7) is 0. The summed E-state index contributed by atoms with van der Waals surface area (Å²) >= 11 is 0. The lowest BCUT2D eigenvalue weighted by Crippen LogP contribution is -2.44. The fourth-order valence-electron chi connectivity index (χ4n) is 2.06. The molecule has 1 rings (SSSR count). The summed E-state index contributed by atoms with van der Waals surface area (Å²) in [7, 11) is 0. The van der Waals surface area contributed by atoms with E-state index in [1.54, 1.807) is 0 Å². The third-order valence-corrected chi connectivity index (χ3v) is 2.74. The molecular formula is C10H14N2O3. The molecule has 15 heavy (non-hydrogen) atoms. The Morgan fingerprint density at radius 3 is 2.67 bits per heavy atom. The van der Waals surface area contributed by atoms with E-state index in [4.69, 9.17) is 10.4 Å². The molecule has 1 aliphatic carbocycles. The van der Waals surface area contributed by atoms with Gasteiger partial charge in [-0.3, -0.25) is 4.79 Å². The van der Waals surface area contributed by atoms with E-state index in [-0.39, 0.29) is 24.2 Å². The van der Waals surface area contributed by atoms with Gasteiger partial charge in [0.25, 0.3) is 0 Å². The van der Waals surface area contributed by atoms with Crippen LogP contribution in [0.4, 0.5) is 4.79 Å². The molecule has 0 radical (unpaired) electrons. The van der Waals surface area contributed by atoms with Crippen molar-refractivity contribution in [2.75, 3.05) is 0 Å². The van der Waals surface area contributed by atoms with E-state index in [1.165, 1.54) is 0 Å². The summed E-state index contributed by atoms with van der Waals surface area (Å²) in [5.74, 6) is -0.453. The third-order valence-electron chi connectivity index (χ3n) is 2.74. The first-order valence-corrected chi connectivity index (χ1v) is 5.04. The molecule has 2 N–H and O–H groups in total. The summed E-state index contributed by atoms with van der Waals surface area (Å²) in [6.07, 6.45) is 2.01. The molecule has 0 heterocycles. The van der Waals surface area contributed by atoms with Crippen molar-refractivity contribution in [1.29, 1.82) is 5.26 Å². The number of carbonyl (C=O) groups is 2. The van der Waals surface area contributed by atoms with Crippen LogP contribution in [-0.4, -0.2) is 23.0 Å². The van der Waals surface area contributed by atoms with E-state index in [0.717, 1.165) is 12.8 Å².